The Balaban J connectivity index is 1.36. The van der Waals surface area contributed by atoms with Gasteiger partial charge in [0.15, 0.2) is 23.1 Å². The topological polar surface area (TPSA) is 68.3 Å². The molecule has 2 aliphatic rings. The van der Waals surface area contributed by atoms with E-state index in [-0.39, 0.29) is 49.5 Å². The molecule has 2 amide bonds. The van der Waals surface area contributed by atoms with Gasteiger partial charge in [-0.2, -0.15) is 0 Å². The molecule has 7 nitrogen and oxygen atoms in total. The number of fused-ring (bicyclic) bond motifs is 2. The van der Waals surface area contributed by atoms with E-state index in [2.05, 4.69) is 13.8 Å². The number of nitrogens with zero attached hydrogens (tertiary/aromatic N) is 2. The van der Waals surface area contributed by atoms with Gasteiger partial charge in [0.1, 0.15) is 13.2 Å². The Morgan fingerprint density at radius 2 is 2.00 bits per heavy atom. The molecule has 0 saturated carbocycles. The lowest BCUT2D eigenvalue weighted by Gasteiger charge is -2.37. The summed E-state index contributed by atoms with van der Waals surface area (Å²) in [5, 5.41) is 2.01. The molecule has 38 heavy (non-hydrogen) atoms. The van der Waals surface area contributed by atoms with Crippen LogP contribution in [0.4, 0.5) is 4.39 Å². The van der Waals surface area contributed by atoms with Crippen LogP contribution in [0, 0.1) is 11.7 Å². The molecule has 2 aromatic carbocycles. The fourth-order valence-corrected chi connectivity index (χ4v) is 5.72. The highest BCUT2D eigenvalue weighted by Gasteiger charge is 2.34. The summed E-state index contributed by atoms with van der Waals surface area (Å²) in [5.74, 6) is 0.650. The van der Waals surface area contributed by atoms with Crippen LogP contribution in [0.3, 0.4) is 0 Å². The minimum absolute atomic E-state index is 0.0622. The standard InChI is InChI=1S/C29H31FN2O5S/c1-3-19(2)15-31(29(34)20-8-9-25-26(14-20)37-18-36-25)16-28(33)32-12-10-27-21(11-13-38-27)23(32)17-35-24-7-5-4-6-22(24)30/h4-9,11,13-14,19,23H,3,10,12,15-18H2,1-2H3/t19-,23-/m1/s1. The summed E-state index contributed by atoms with van der Waals surface area (Å²) in [7, 11) is 0. The number of thiophene rings is 1. The molecule has 0 radical (unpaired) electrons. The minimum atomic E-state index is -0.444. The van der Waals surface area contributed by atoms with Crippen LogP contribution in [0.2, 0.25) is 0 Å². The van der Waals surface area contributed by atoms with Gasteiger partial charge in [-0.1, -0.05) is 32.4 Å². The number of carbonyl (C=O) groups excluding carboxylic acids is 2. The zero-order valence-electron chi connectivity index (χ0n) is 21.5. The van der Waals surface area contributed by atoms with Crippen molar-refractivity contribution in [2.45, 2.75) is 32.7 Å². The second-order valence-corrected chi connectivity index (χ2v) is 10.7. The summed E-state index contributed by atoms with van der Waals surface area (Å²) in [4.78, 5) is 32.0. The van der Waals surface area contributed by atoms with Gasteiger partial charge in [-0.05, 0) is 59.7 Å². The van der Waals surface area contributed by atoms with Crippen LogP contribution >= 0.6 is 11.3 Å². The molecule has 0 bridgehead atoms. The van der Waals surface area contributed by atoms with Crippen LogP contribution in [-0.4, -0.2) is 54.6 Å². The molecule has 1 aromatic heterocycles. The van der Waals surface area contributed by atoms with Gasteiger partial charge in [0.25, 0.3) is 5.91 Å². The third-order valence-electron chi connectivity index (χ3n) is 7.11. The van der Waals surface area contributed by atoms with Crippen molar-refractivity contribution < 1.29 is 28.2 Å². The highest BCUT2D eigenvalue weighted by Crippen LogP contribution is 2.35. The summed E-state index contributed by atoms with van der Waals surface area (Å²) in [6, 6.07) is 13.0. The van der Waals surface area contributed by atoms with E-state index in [0.29, 0.717) is 30.2 Å². The molecule has 3 heterocycles. The van der Waals surface area contributed by atoms with Crippen LogP contribution in [0.1, 0.15) is 47.1 Å². The Morgan fingerprint density at radius 3 is 2.82 bits per heavy atom. The number of amides is 2. The lowest BCUT2D eigenvalue weighted by Crippen LogP contribution is -2.48. The summed E-state index contributed by atoms with van der Waals surface area (Å²) >= 11 is 1.65. The van der Waals surface area contributed by atoms with Crippen molar-refractivity contribution in [3.63, 3.8) is 0 Å². The molecule has 0 saturated heterocycles. The highest BCUT2D eigenvalue weighted by molar-refractivity contribution is 7.10. The van der Waals surface area contributed by atoms with Crippen molar-refractivity contribution in [3.8, 4) is 17.2 Å². The van der Waals surface area contributed by atoms with E-state index in [4.69, 9.17) is 14.2 Å². The SMILES string of the molecule is CC[C@@H](C)CN(CC(=O)N1CCc2sccc2[C@H]1COc1ccccc1F)C(=O)c1ccc2c(c1)OCO2. The number of carbonyl (C=O) groups is 2. The predicted octanol–water partition coefficient (Wildman–Crippen LogP) is 5.31. The first-order chi connectivity index (χ1) is 18.4. The molecule has 2 aliphatic heterocycles. The Hall–Kier alpha value is -3.59. The smallest absolute Gasteiger partial charge is 0.254 e. The second kappa shape index (κ2) is 11.4. The third kappa shape index (κ3) is 5.48. The van der Waals surface area contributed by atoms with Crippen LogP contribution in [0.25, 0.3) is 0 Å². The summed E-state index contributed by atoms with van der Waals surface area (Å²) in [5.41, 5.74) is 1.46. The number of halogens is 1. The van der Waals surface area contributed by atoms with Gasteiger partial charge in [-0.3, -0.25) is 9.59 Å². The Labute approximate surface area is 225 Å². The fourth-order valence-electron chi connectivity index (χ4n) is 4.80. The quantitative estimate of drug-likeness (QED) is 0.370. The largest absolute Gasteiger partial charge is 0.488 e. The highest BCUT2D eigenvalue weighted by atomic mass is 32.1. The van der Waals surface area contributed by atoms with Gasteiger partial charge >= 0.3 is 0 Å². The van der Waals surface area contributed by atoms with Crippen LogP contribution in [0.15, 0.2) is 53.9 Å². The van der Waals surface area contributed by atoms with E-state index in [9.17, 15) is 14.0 Å². The van der Waals surface area contributed by atoms with Crippen molar-refractivity contribution in [3.05, 3.63) is 75.7 Å². The van der Waals surface area contributed by atoms with E-state index in [1.54, 1.807) is 57.5 Å². The van der Waals surface area contributed by atoms with Crippen molar-refractivity contribution in [2.75, 3.05) is 33.0 Å². The van der Waals surface area contributed by atoms with E-state index >= 15 is 0 Å². The van der Waals surface area contributed by atoms with Gasteiger partial charge in [-0.25, -0.2) is 4.39 Å². The number of benzene rings is 2. The Bertz CT molecular complexity index is 1310. The van der Waals surface area contributed by atoms with E-state index < -0.39 is 5.82 Å². The van der Waals surface area contributed by atoms with Crippen LogP contribution in [0.5, 0.6) is 17.2 Å². The van der Waals surface area contributed by atoms with Gasteiger partial charge in [-0.15, -0.1) is 11.3 Å². The molecular weight excluding hydrogens is 507 g/mol. The number of para-hydroxylation sites is 1. The second-order valence-electron chi connectivity index (χ2n) is 9.66. The van der Waals surface area contributed by atoms with Crippen molar-refractivity contribution >= 4 is 23.2 Å². The van der Waals surface area contributed by atoms with E-state index in [1.165, 1.54) is 10.9 Å². The zero-order chi connectivity index (χ0) is 26.6. The maximum Gasteiger partial charge on any atom is 0.254 e. The third-order valence-corrected chi connectivity index (χ3v) is 8.11. The van der Waals surface area contributed by atoms with Crippen molar-refractivity contribution in [2.24, 2.45) is 5.92 Å². The lowest BCUT2D eigenvalue weighted by molar-refractivity contribution is -0.135. The molecule has 0 fully saturated rings. The number of hydrogen-bond donors (Lipinski definition) is 0. The lowest BCUT2D eigenvalue weighted by atomic mass is 10.00. The van der Waals surface area contributed by atoms with Gasteiger partial charge in [0.2, 0.25) is 12.7 Å². The maximum absolute atomic E-state index is 14.2. The molecule has 0 unspecified atom stereocenters. The van der Waals surface area contributed by atoms with Crippen LogP contribution in [-0.2, 0) is 11.2 Å². The number of hydrogen-bond acceptors (Lipinski definition) is 6. The Kier molecular flexibility index (Phi) is 7.83. The van der Waals surface area contributed by atoms with Crippen molar-refractivity contribution in [1.82, 2.24) is 9.80 Å². The average molecular weight is 539 g/mol. The molecule has 2 atom stereocenters. The number of ether oxygens (including phenoxy) is 3. The van der Waals surface area contributed by atoms with E-state index in [1.807, 2.05) is 11.4 Å². The number of rotatable bonds is 9. The molecule has 0 N–H and O–H groups in total. The predicted molar refractivity (Wildman–Crippen MR) is 142 cm³/mol. The van der Waals surface area contributed by atoms with Gasteiger partial charge < -0.3 is 24.0 Å². The monoisotopic (exact) mass is 538 g/mol. The van der Waals surface area contributed by atoms with Gasteiger partial charge in [0, 0.05) is 23.5 Å². The normalized spacial score (nSPS) is 16.6. The van der Waals surface area contributed by atoms with Gasteiger partial charge in [0.05, 0.1) is 6.04 Å². The summed E-state index contributed by atoms with van der Waals surface area (Å²) < 4.78 is 30.9. The minimum Gasteiger partial charge on any atom is -0.488 e. The zero-order valence-corrected chi connectivity index (χ0v) is 22.3. The molecule has 0 aliphatic carbocycles. The molecule has 9 heteroatoms. The fraction of sp³-hybridized carbons (Fsp3) is 0.379. The molecule has 0 spiro atoms. The Morgan fingerprint density at radius 1 is 1.18 bits per heavy atom. The molecule has 5 rings (SSSR count). The first kappa shape index (κ1) is 26.0. The molecular formula is C29H31FN2O5S. The first-order valence-corrected chi connectivity index (χ1v) is 13.7. The van der Waals surface area contributed by atoms with E-state index in [0.717, 1.165) is 18.4 Å². The van der Waals surface area contributed by atoms with Crippen molar-refractivity contribution in [1.29, 1.82) is 0 Å². The molecule has 200 valence electrons. The first-order valence-electron chi connectivity index (χ1n) is 12.9. The summed E-state index contributed by atoms with van der Waals surface area (Å²) in [6.45, 7) is 5.27. The maximum atomic E-state index is 14.2. The summed E-state index contributed by atoms with van der Waals surface area (Å²) in [6.07, 6.45) is 1.61. The van der Waals surface area contributed by atoms with Crippen LogP contribution < -0.4 is 14.2 Å². The molecule has 3 aromatic rings. The average Bonchev–Trinajstić information content (AvgIpc) is 3.60.